The number of hydrogen-bond donors (Lipinski definition) is 2. The third-order valence-corrected chi connectivity index (χ3v) is 5.36. The van der Waals surface area contributed by atoms with Crippen LogP contribution in [0.4, 0.5) is 5.82 Å². The number of rotatable bonds is 9. The molecule has 0 aliphatic heterocycles. The van der Waals surface area contributed by atoms with Gasteiger partial charge < -0.3 is 15.2 Å². The van der Waals surface area contributed by atoms with E-state index in [2.05, 4.69) is 53.9 Å². The Morgan fingerprint density at radius 2 is 1.82 bits per heavy atom. The number of nitrogens with one attached hydrogen (secondary N) is 2. The quantitative estimate of drug-likeness (QED) is 0.658. The van der Waals surface area contributed by atoms with E-state index in [1.165, 1.54) is 17.3 Å². The molecule has 0 saturated heterocycles. The number of benzene rings is 1. The molecule has 0 fully saturated rings. The van der Waals surface area contributed by atoms with E-state index in [4.69, 9.17) is 4.52 Å². The number of hydrogen-bond acceptors (Lipinski definition) is 5. The third kappa shape index (κ3) is 7.03. The van der Waals surface area contributed by atoms with Crippen molar-refractivity contribution in [2.75, 3.05) is 11.1 Å². The Hall–Kier alpha value is -2.28. The molecular weight excluding hydrogens is 374 g/mol. The zero-order chi connectivity index (χ0) is 20.7. The highest BCUT2D eigenvalue weighted by Gasteiger charge is 2.18. The van der Waals surface area contributed by atoms with Crippen LogP contribution in [0.15, 0.2) is 34.9 Å². The first-order chi connectivity index (χ1) is 13.2. The molecule has 1 heterocycles. The van der Waals surface area contributed by atoms with Crippen molar-refractivity contribution in [2.45, 2.75) is 52.3 Å². The Morgan fingerprint density at radius 3 is 2.39 bits per heavy atom. The summed E-state index contributed by atoms with van der Waals surface area (Å²) in [5, 5.41) is 9.01. The molecule has 2 unspecified atom stereocenters. The molecule has 2 N–H and O–H groups in total. The second-order valence-electron chi connectivity index (χ2n) is 7.39. The average molecular weight is 404 g/mol. The topological polar surface area (TPSA) is 84.2 Å². The minimum absolute atomic E-state index is 0.0801. The molecule has 1 aromatic heterocycles. The summed E-state index contributed by atoms with van der Waals surface area (Å²) in [6.45, 7) is 9.87. The highest BCUT2D eigenvalue weighted by molar-refractivity contribution is 8.01. The van der Waals surface area contributed by atoms with E-state index >= 15 is 0 Å². The van der Waals surface area contributed by atoms with Crippen molar-refractivity contribution in [3.63, 3.8) is 0 Å². The number of amides is 2. The summed E-state index contributed by atoms with van der Waals surface area (Å²) in [5.74, 6) is 1.53. The summed E-state index contributed by atoms with van der Waals surface area (Å²) in [4.78, 5) is 24.4. The summed E-state index contributed by atoms with van der Waals surface area (Å²) in [5.41, 5.74) is 2.37. The molecule has 2 atom stereocenters. The standard InChI is InChI=1S/C21H29N3O3S/c1-13(2)10-17-6-8-18(9-7-17)15(4)22-20(25)12-28-16(5)21(26)23-19-11-14(3)27-24-19/h6-9,11,13,15-16H,10,12H2,1-5H3,(H,22,25)(H,23,24,26). The molecule has 1 aromatic carbocycles. The smallest absolute Gasteiger partial charge is 0.238 e. The molecule has 0 bridgehead atoms. The fraction of sp³-hybridized carbons (Fsp3) is 0.476. The molecule has 0 aliphatic rings. The molecule has 6 nitrogen and oxygen atoms in total. The Morgan fingerprint density at radius 1 is 1.14 bits per heavy atom. The van der Waals surface area contributed by atoms with Crippen LogP contribution in [0.3, 0.4) is 0 Å². The molecule has 0 radical (unpaired) electrons. The van der Waals surface area contributed by atoms with Crippen molar-refractivity contribution >= 4 is 29.4 Å². The van der Waals surface area contributed by atoms with Gasteiger partial charge in [-0.2, -0.15) is 0 Å². The maximum atomic E-state index is 12.2. The van der Waals surface area contributed by atoms with Gasteiger partial charge in [0, 0.05) is 6.07 Å². The predicted molar refractivity (Wildman–Crippen MR) is 113 cm³/mol. The number of carbonyl (C=O) groups excluding carboxylic acids is 2. The minimum Gasteiger partial charge on any atom is -0.360 e. The number of anilines is 1. The predicted octanol–water partition coefficient (Wildman–Crippen LogP) is 4.12. The number of thioether (sulfide) groups is 1. The van der Waals surface area contributed by atoms with Crippen LogP contribution in [0.25, 0.3) is 0 Å². The number of carbonyl (C=O) groups is 2. The van der Waals surface area contributed by atoms with Crippen LogP contribution in [-0.2, 0) is 16.0 Å². The van der Waals surface area contributed by atoms with Crippen molar-refractivity contribution in [1.29, 1.82) is 0 Å². The average Bonchev–Trinajstić information content (AvgIpc) is 3.04. The highest BCUT2D eigenvalue weighted by Crippen LogP contribution is 2.17. The normalized spacial score (nSPS) is 13.2. The Kier molecular flexibility index (Phi) is 8.11. The van der Waals surface area contributed by atoms with E-state index in [0.29, 0.717) is 17.5 Å². The van der Waals surface area contributed by atoms with Gasteiger partial charge in [0.25, 0.3) is 0 Å². The summed E-state index contributed by atoms with van der Waals surface area (Å²) < 4.78 is 4.92. The van der Waals surface area contributed by atoms with Gasteiger partial charge >= 0.3 is 0 Å². The number of nitrogens with zero attached hydrogens (tertiary/aromatic N) is 1. The summed E-state index contributed by atoms with van der Waals surface area (Å²) in [6.07, 6.45) is 1.05. The van der Waals surface area contributed by atoms with E-state index in [0.717, 1.165) is 12.0 Å². The maximum absolute atomic E-state index is 12.2. The third-order valence-electron chi connectivity index (χ3n) is 4.21. The lowest BCUT2D eigenvalue weighted by atomic mass is 10.00. The van der Waals surface area contributed by atoms with Gasteiger partial charge in [-0.3, -0.25) is 9.59 Å². The lowest BCUT2D eigenvalue weighted by Crippen LogP contribution is -2.30. The first-order valence-electron chi connectivity index (χ1n) is 9.48. The molecule has 0 aliphatic carbocycles. The second-order valence-corrected chi connectivity index (χ2v) is 8.72. The molecule has 28 heavy (non-hydrogen) atoms. The SMILES string of the molecule is Cc1cc(NC(=O)C(C)SCC(=O)NC(C)c2ccc(CC(C)C)cc2)no1. The summed E-state index contributed by atoms with van der Waals surface area (Å²) >= 11 is 1.28. The van der Waals surface area contributed by atoms with Crippen molar-refractivity contribution in [1.82, 2.24) is 10.5 Å². The molecular formula is C21H29N3O3S. The molecule has 152 valence electrons. The van der Waals surface area contributed by atoms with Crippen molar-refractivity contribution in [3.05, 3.63) is 47.2 Å². The highest BCUT2D eigenvalue weighted by atomic mass is 32.2. The van der Waals surface area contributed by atoms with Gasteiger partial charge in [0.2, 0.25) is 11.8 Å². The first kappa shape index (κ1) is 22.0. The van der Waals surface area contributed by atoms with Gasteiger partial charge in [-0.1, -0.05) is 43.3 Å². The number of aromatic nitrogens is 1. The lowest BCUT2D eigenvalue weighted by molar-refractivity contribution is -0.119. The van der Waals surface area contributed by atoms with Crippen LogP contribution in [0.5, 0.6) is 0 Å². The molecule has 2 rings (SSSR count). The Balaban J connectivity index is 1.77. The largest absolute Gasteiger partial charge is 0.360 e. The van der Waals surface area contributed by atoms with Gasteiger partial charge in [0.1, 0.15) is 5.76 Å². The van der Waals surface area contributed by atoms with E-state index < -0.39 is 0 Å². The summed E-state index contributed by atoms with van der Waals surface area (Å²) in [6, 6.07) is 9.92. The Bertz CT molecular complexity index is 786. The Labute approximate surface area is 170 Å². The van der Waals surface area contributed by atoms with E-state index in [9.17, 15) is 9.59 Å². The maximum Gasteiger partial charge on any atom is 0.238 e. The fourth-order valence-electron chi connectivity index (χ4n) is 2.71. The van der Waals surface area contributed by atoms with Crippen LogP contribution in [0.2, 0.25) is 0 Å². The van der Waals surface area contributed by atoms with Crippen LogP contribution in [-0.4, -0.2) is 28.0 Å². The fourth-order valence-corrected chi connectivity index (χ4v) is 3.40. The first-order valence-corrected chi connectivity index (χ1v) is 10.5. The number of aryl methyl sites for hydroxylation is 1. The van der Waals surface area contributed by atoms with Crippen molar-refractivity contribution in [2.24, 2.45) is 5.92 Å². The molecule has 2 amide bonds. The van der Waals surface area contributed by atoms with E-state index in [1.54, 1.807) is 19.9 Å². The molecule has 7 heteroatoms. The van der Waals surface area contributed by atoms with Gasteiger partial charge in [0.05, 0.1) is 17.0 Å². The van der Waals surface area contributed by atoms with Crippen molar-refractivity contribution < 1.29 is 14.1 Å². The second kappa shape index (κ2) is 10.3. The molecule has 0 saturated carbocycles. The van der Waals surface area contributed by atoms with Crippen LogP contribution < -0.4 is 10.6 Å². The molecule has 2 aromatic rings. The van der Waals surface area contributed by atoms with Gasteiger partial charge in [0.15, 0.2) is 5.82 Å². The summed E-state index contributed by atoms with van der Waals surface area (Å²) in [7, 11) is 0. The monoisotopic (exact) mass is 403 g/mol. The van der Waals surface area contributed by atoms with Crippen LogP contribution in [0.1, 0.15) is 50.6 Å². The zero-order valence-electron chi connectivity index (χ0n) is 17.1. The van der Waals surface area contributed by atoms with Gasteiger partial charge in [-0.15, -0.1) is 11.8 Å². The lowest BCUT2D eigenvalue weighted by Gasteiger charge is -2.16. The van der Waals surface area contributed by atoms with E-state index in [1.807, 2.05) is 6.92 Å². The zero-order valence-corrected chi connectivity index (χ0v) is 17.9. The van der Waals surface area contributed by atoms with E-state index in [-0.39, 0.29) is 28.9 Å². The van der Waals surface area contributed by atoms with Gasteiger partial charge in [-0.25, -0.2) is 0 Å². The minimum atomic E-state index is -0.381. The van der Waals surface area contributed by atoms with Gasteiger partial charge in [-0.05, 0) is 44.2 Å². The van der Waals surface area contributed by atoms with Crippen LogP contribution in [0, 0.1) is 12.8 Å². The van der Waals surface area contributed by atoms with Crippen LogP contribution >= 0.6 is 11.8 Å². The van der Waals surface area contributed by atoms with Crippen molar-refractivity contribution in [3.8, 4) is 0 Å². The molecule has 0 spiro atoms.